The van der Waals surface area contributed by atoms with E-state index in [-0.39, 0.29) is 6.10 Å². The number of hydrogen-bond acceptors (Lipinski definition) is 4. The van der Waals surface area contributed by atoms with Gasteiger partial charge in [-0.2, -0.15) is 5.10 Å². The quantitative estimate of drug-likeness (QED) is 0.403. The van der Waals surface area contributed by atoms with E-state index < -0.39 is 0 Å². The third-order valence-electron chi connectivity index (χ3n) is 5.92. The standard InChI is InChI=1S/C27H33N3O2/c1-4-5-13-24(31)18-29(22-15-16-22)19-26-21(3)28-30(23-11-7-6-8-12-23)27(26)32-25-14-9-10-20(2)17-25/h4,6-12,14,17,22,24,31H,1,5,13,15-16,18-19H2,2-3H3. The highest BCUT2D eigenvalue weighted by Gasteiger charge is 2.32. The summed E-state index contributed by atoms with van der Waals surface area (Å²) in [6.45, 7) is 9.23. The molecule has 1 aliphatic carbocycles. The largest absolute Gasteiger partial charge is 0.439 e. The molecule has 0 spiro atoms. The molecule has 0 amide bonds. The molecule has 4 rings (SSSR count). The van der Waals surface area contributed by atoms with Gasteiger partial charge >= 0.3 is 0 Å². The number of nitrogens with zero attached hydrogens (tertiary/aromatic N) is 3. The second-order valence-electron chi connectivity index (χ2n) is 8.72. The molecule has 1 atom stereocenters. The van der Waals surface area contributed by atoms with Crippen molar-refractivity contribution in [2.45, 2.75) is 58.2 Å². The van der Waals surface area contributed by atoms with Crippen LogP contribution in [0.25, 0.3) is 5.69 Å². The summed E-state index contributed by atoms with van der Waals surface area (Å²) in [5, 5.41) is 15.4. The summed E-state index contributed by atoms with van der Waals surface area (Å²) in [6, 6.07) is 18.7. The zero-order chi connectivity index (χ0) is 22.5. The Hall–Kier alpha value is -2.89. The minimum atomic E-state index is -0.362. The van der Waals surface area contributed by atoms with Gasteiger partial charge in [0.25, 0.3) is 0 Å². The topological polar surface area (TPSA) is 50.5 Å². The number of allylic oxidation sites excluding steroid dienone is 1. The molecular formula is C27H33N3O2. The van der Waals surface area contributed by atoms with Gasteiger partial charge in [-0.15, -0.1) is 6.58 Å². The van der Waals surface area contributed by atoms with Crippen LogP contribution in [0.1, 0.15) is 42.5 Å². The predicted molar refractivity (Wildman–Crippen MR) is 128 cm³/mol. The maximum atomic E-state index is 10.6. The van der Waals surface area contributed by atoms with E-state index in [2.05, 4.69) is 24.5 Å². The third-order valence-corrected chi connectivity index (χ3v) is 5.92. The fourth-order valence-corrected chi connectivity index (χ4v) is 4.02. The molecule has 1 aliphatic rings. The first-order valence-corrected chi connectivity index (χ1v) is 11.5. The molecule has 0 saturated heterocycles. The van der Waals surface area contributed by atoms with Crippen LogP contribution in [0.4, 0.5) is 0 Å². The molecular weight excluding hydrogens is 398 g/mol. The highest BCUT2D eigenvalue weighted by atomic mass is 16.5. The molecule has 1 N–H and O–H groups in total. The lowest BCUT2D eigenvalue weighted by atomic mass is 10.1. The van der Waals surface area contributed by atoms with Crippen molar-refractivity contribution < 1.29 is 9.84 Å². The van der Waals surface area contributed by atoms with E-state index in [1.165, 1.54) is 12.8 Å². The molecule has 1 saturated carbocycles. The summed E-state index contributed by atoms with van der Waals surface area (Å²) in [4.78, 5) is 2.39. The maximum absolute atomic E-state index is 10.6. The van der Waals surface area contributed by atoms with Crippen LogP contribution in [0.3, 0.4) is 0 Å². The highest BCUT2D eigenvalue weighted by molar-refractivity contribution is 5.43. The van der Waals surface area contributed by atoms with Crippen LogP contribution >= 0.6 is 0 Å². The third kappa shape index (κ3) is 5.47. The van der Waals surface area contributed by atoms with Crippen molar-refractivity contribution in [3.63, 3.8) is 0 Å². The average Bonchev–Trinajstić information content (AvgIpc) is 3.59. The number of aliphatic hydroxyl groups is 1. The van der Waals surface area contributed by atoms with Gasteiger partial charge in [0, 0.05) is 19.1 Å². The Morgan fingerprint density at radius 1 is 1.19 bits per heavy atom. The molecule has 1 heterocycles. The average molecular weight is 432 g/mol. The van der Waals surface area contributed by atoms with Crippen LogP contribution in [0.2, 0.25) is 0 Å². The summed E-state index contributed by atoms with van der Waals surface area (Å²) in [7, 11) is 0. The zero-order valence-corrected chi connectivity index (χ0v) is 19.1. The summed E-state index contributed by atoms with van der Waals surface area (Å²) in [6.07, 6.45) is 5.42. The van der Waals surface area contributed by atoms with Crippen LogP contribution in [0.15, 0.2) is 67.3 Å². The van der Waals surface area contributed by atoms with Crippen LogP contribution in [0, 0.1) is 13.8 Å². The molecule has 0 radical (unpaired) electrons. The summed E-state index contributed by atoms with van der Waals surface area (Å²) >= 11 is 0. The number of hydrogen-bond donors (Lipinski definition) is 1. The van der Waals surface area contributed by atoms with Gasteiger partial charge in [0.05, 0.1) is 23.0 Å². The molecule has 0 aliphatic heterocycles. The Labute approximate surface area is 191 Å². The lowest BCUT2D eigenvalue weighted by molar-refractivity contribution is 0.0975. The minimum absolute atomic E-state index is 0.362. The molecule has 5 heteroatoms. The Balaban J connectivity index is 1.67. The number of rotatable bonds is 11. The first-order valence-electron chi connectivity index (χ1n) is 11.5. The summed E-state index contributed by atoms with van der Waals surface area (Å²) < 4.78 is 8.36. The van der Waals surface area contributed by atoms with Crippen molar-refractivity contribution in [2.24, 2.45) is 0 Å². The molecule has 1 fully saturated rings. The summed E-state index contributed by atoms with van der Waals surface area (Å²) in [5.74, 6) is 1.54. The van der Waals surface area contributed by atoms with E-state index >= 15 is 0 Å². The molecule has 1 unspecified atom stereocenters. The number of benzene rings is 2. The van der Waals surface area contributed by atoms with Gasteiger partial charge in [-0.1, -0.05) is 36.4 Å². The number of aryl methyl sites for hydroxylation is 2. The van der Waals surface area contributed by atoms with Crippen molar-refractivity contribution in [2.75, 3.05) is 6.54 Å². The van der Waals surface area contributed by atoms with Gasteiger partial charge in [-0.25, -0.2) is 4.68 Å². The van der Waals surface area contributed by atoms with E-state index in [0.29, 0.717) is 19.1 Å². The smallest absolute Gasteiger partial charge is 0.227 e. The highest BCUT2D eigenvalue weighted by Crippen LogP contribution is 2.35. The fraction of sp³-hybridized carbons (Fsp3) is 0.370. The van der Waals surface area contributed by atoms with E-state index in [1.807, 2.05) is 66.2 Å². The molecule has 1 aromatic heterocycles. The number of para-hydroxylation sites is 1. The number of ether oxygens (including phenoxy) is 1. The van der Waals surface area contributed by atoms with E-state index in [1.54, 1.807) is 0 Å². The fourth-order valence-electron chi connectivity index (χ4n) is 4.02. The lowest BCUT2D eigenvalue weighted by Gasteiger charge is -2.25. The van der Waals surface area contributed by atoms with Crippen LogP contribution in [-0.2, 0) is 6.54 Å². The monoisotopic (exact) mass is 431 g/mol. The Morgan fingerprint density at radius 2 is 1.97 bits per heavy atom. The Kier molecular flexibility index (Phi) is 7.08. The lowest BCUT2D eigenvalue weighted by Crippen LogP contribution is -2.34. The second kappa shape index (κ2) is 10.2. The molecule has 3 aromatic rings. The molecule has 168 valence electrons. The Morgan fingerprint density at radius 3 is 2.66 bits per heavy atom. The number of aromatic nitrogens is 2. The molecule has 32 heavy (non-hydrogen) atoms. The minimum Gasteiger partial charge on any atom is -0.439 e. The SMILES string of the molecule is C=CCCC(O)CN(Cc1c(C)nn(-c2ccccc2)c1Oc1cccc(C)c1)C1CC1. The van der Waals surface area contributed by atoms with Gasteiger partial charge in [-0.05, 0) is 69.4 Å². The second-order valence-corrected chi connectivity index (χ2v) is 8.72. The first kappa shape index (κ1) is 22.3. The van der Waals surface area contributed by atoms with Crippen molar-refractivity contribution in [3.8, 4) is 17.3 Å². The summed E-state index contributed by atoms with van der Waals surface area (Å²) in [5.41, 5.74) is 4.13. The molecule has 2 aromatic carbocycles. The van der Waals surface area contributed by atoms with Crippen molar-refractivity contribution in [1.29, 1.82) is 0 Å². The normalized spacial score (nSPS) is 14.5. The Bertz CT molecular complexity index is 1040. The van der Waals surface area contributed by atoms with E-state index in [0.717, 1.165) is 47.0 Å². The van der Waals surface area contributed by atoms with Crippen molar-refractivity contribution in [3.05, 3.63) is 84.1 Å². The van der Waals surface area contributed by atoms with Gasteiger partial charge < -0.3 is 9.84 Å². The van der Waals surface area contributed by atoms with Crippen molar-refractivity contribution in [1.82, 2.24) is 14.7 Å². The van der Waals surface area contributed by atoms with E-state index in [9.17, 15) is 5.11 Å². The van der Waals surface area contributed by atoms with Crippen LogP contribution < -0.4 is 4.74 Å². The van der Waals surface area contributed by atoms with Gasteiger partial charge in [0.15, 0.2) is 0 Å². The first-order chi connectivity index (χ1) is 15.5. The number of aliphatic hydroxyl groups excluding tert-OH is 1. The van der Waals surface area contributed by atoms with Gasteiger partial charge in [0.2, 0.25) is 5.88 Å². The molecule has 5 nitrogen and oxygen atoms in total. The van der Waals surface area contributed by atoms with Crippen molar-refractivity contribution >= 4 is 0 Å². The van der Waals surface area contributed by atoms with Crippen LogP contribution in [-0.4, -0.2) is 38.5 Å². The van der Waals surface area contributed by atoms with Gasteiger partial charge in [0.1, 0.15) is 5.75 Å². The maximum Gasteiger partial charge on any atom is 0.227 e. The van der Waals surface area contributed by atoms with Crippen LogP contribution in [0.5, 0.6) is 11.6 Å². The van der Waals surface area contributed by atoms with E-state index in [4.69, 9.17) is 9.84 Å². The zero-order valence-electron chi connectivity index (χ0n) is 19.1. The van der Waals surface area contributed by atoms with Gasteiger partial charge in [-0.3, -0.25) is 4.90 Å². The predicted octanol–water partition coefficient (Wildman–Crippen LogP) is 5.57. The molecule has 0 bridgehead atoms.